The van der Waals surface area contributed by atoms with E-state index in [0.717, 1.165) is 0 Å². The molecule has 0 aliphatic carbocycles. The minimum absolute atomic E-state index is 0.259. The fourth-order valence-corrected chi connectivity index (χ4v) is 1.82. The molecule has 4 heteroatoms. The molecular formula is C13H11NO3. The molecule has 1 unspecified atom stereocenters. The number of nitrogens with zero attached hydrogens (tertiary/aromatic N) is 1. The predicted molar refractivity (Wildman–Crippen MR) is 62.4 cm³/mol. The molecule has 0 bridgehead atoms. The molecule has 17 heavy (non-hydrogen) atoms. The van der Waals surface area contributed by atoms with E-state index in [9.17, 15) is 14.7 Å². The molecular weight excluding hydrogens is 218 g/mol. The average Bonchev–Trinajstić information content (AvgIpc) is 2.38. The van der Waals surface area contributed by atoms with E-state index in [1.807, 2.05) is 6.07 Å². The molecule has 1 aromatic carbocycles. The maximum Gasteiger partial charge on any atom is 0.156 e. The largest absolute Gasteiger partial charge is 0.377 e. The van der Waals surface area contributed by atoms with E-state index in [4.69, 9.17) is 0 Å². The lowest BCUT2D eigenvalue weighted by Crippen LogP contribution is -2.28. The molecule has 0 aliphatic heterocycles. The van der Waals surface area contributed by atoms with E-state index < -0.39 is 5.60 Å². The molecule has 0 spiro atoms. The lowest BCUT2D eigenvalue weighted by Gasteiger charge is -2.20. The summed E-state index contributed by atoms with van der Waals surface area (Å²) in [6.45, 7) is 0. The molecule has 4 nitrogen and oxygen atoms in total. The molecule has 1 aromatic heterocycles. The third kappa shape index (κ3) is 1.94. The second-order valence-electron chi connectivity index (χ2n) is 3.79. The smallest absolute Gasteiger partial charge is 0.156 e. The van der Waals surface area contributed by atoms with Crippen LogP contribution in [0.4, 0.5) is 0 Å². The predicted octanol–water partition coefficient (Wildman–Crippen LogP) is 1.21. The molecule has 0 radical (unpaired) electrons. The zero-order valence-corrected chi connectivity index (χ0v) is 9.04. The number of pyridine rings is 1. The van der Waals surface area contributed by atoms with Gasteiger partial charge in [0.25, 0.3) is 0 Å². The van der Waals surface area contributed by atoms with Crippen molar-refractivity contribution in [3.63, 3.8) is 0 Å². The lowest BCUT2D eigenvalue weighted by molar-refractivity contribution is -0.129. The molecule has 1 N–H and O–H groups in total. The van der Waals surface area contributed by atoms with Crippen LogP contribution in [0.3, 0.4) is 0 Å². The Kier molecular flexibility index (Phi) is 2.97. The SMILES string of the molecule is O=CCC(O)(C=O)c1ccnc2ccccc12. The second kappa shape index (κ2) is 4.43. The Morgan fingerprint density at radius 1 is 1.24 bits per heavy atom. The van der Waals surface area contributed by atoms with Gasteiger partial charge in [0.2, 0.25) is 0 Å². The molecule has 2 rings (SSSR count). The zero-order chi connectivity index (χ0) is 12.3. The van der Waals surface area contributed by atoms with E-state index in [0.29, 0.717) is 29.0 Å². The number of para-hydroxylation sites is 1. The van der Waals surface area contributed by atoms with Crippen LogP contribution in [-0.2, 0) is 15.2 Å². The number of aliphatic hydroxyl groups is 1. The van der Waals surface area contributed by atoms with Crippen molar-refractivity contribution < 1.29 is 14.7 Å². The minimum atomic E-state index is -1.77. The summed E-state index contributed by atoms with van der Waals surface area (Å²) in [4.78, 5) is 25.7. The van der Waals surface area contributed by atoms with Crippen LogP contribution >= 0.6 is 0 Å². The van der Waals surface area contributed by atoms with E-state index in [1.165, 1.54) is 6.20 Å². The van der Waals surface area contributed by atoms with Crippen molar-refractivity contribution in [2.75, 3.05) is 0 Å². The van der Waals surface area contributed by atoms with Gasteiger partial charge in [0.05, 0.1) is 5.52 Å². The summed E-state index contributed by atoms with van der Waals surface area (Å²) in [6.07, 6.45) is 2.17. The van der Waals surface area contributed by atoms with Crippen molar-refractivity contribution in [1.82, 2.24) is 4.98 Å². The van der Waals surface area contributed by atoms with Crippen molar-refractivity contribution in [2.45, 2.75) is 12.0 Å². The number of hydrogen-bond acceptors (Lipinski definition) is 4. The molecule has 1 atom stereocenters. The van der Waals surface area contributed by atoms with Crippen LogP contribution in [0.5, 0.6) is 0 Å². The van der Waals surface area contributed by atoms with Crippen molar-refractivity contribution in [1.29, 1.82) is 0 Å². The first-order valence-corrected chi connectivity index (χ1v) is 5.18. The summed E-state index contributed by atoms with van der Waals surface area (Å²) in [6, 6.07) is 8.71. The Morgan fingerprint density at radius 2 is 2.00 bits per heavy atom. The van der Waals surface area contributed by atoms with Crippen LogP contribution in [0.2, 0.25) is 0 Å². The highest BCUT2D eigenvalue weighted by atomic mass is 16.3. The first-order chi connectivity index (χ1) is 8.21. The molecule has 0 saturated carbocycles. The van der Waals surface area contributed by atoms with Gasteiger partial charge in [0.15, 0.2) is 11.9 Å². The Balaban J connectivity index is 2.69. The van der Waals surface area contributed by atoms with Gasteiger partial charge in [0.1, 0.15) is 6.29 Å². The van der Waals surface area contributed by atoms with Crippen LogP contribution in [-0.4, -0.2) is 22.7 Å². The minimum Gasteiger partial charge on any atom is -0.377 e. The van der Waals surface area contributed by atoms with E-state index >= 15 is 0 Å². The molecule has 0 saturated heterocycles. The van der Waals surface area contributed by atoms with E-state index in [-0.39, 0.29) is 6.42 Å². The van der Waals surface area contributed by atoms with Gasteiger partial charge < -0.3 is 9.90 Å². The number of aldehydes is 2. The van der Waals surface area contributed by atoms with Crippen molar-refractivity contribution in [3.8, 4) is 0 Å². The fourth-order valence-electron chi connectivity index (χ4n) is 1.82. The summed E-state index contributed by atoms with van der Waals surface area (Å²) >= 11 is 0. The number of hydrogen-bond donors (Lipinski definition) is 1. The van der Waals surface area contributed by atoms with Crippen LogP contribution in [0.1, 0.15) is 12.0 Å². The summed E-state index contributed by atoms with van der Waals surface area (Å²) in [7, 11) is 0. The number of rotatable bonds is 4. The quantitative estimate of drug-likeness (QED) is 0.800. The van der Waals surface area contributed by atoms with Crippen LogP contribution < -0.4 is 0 Å². The van der Waals surface area contributed by atoms with Crippen molar-refractivity contribution >= 4 is 23.5 Å². The molecule has 0 amide bonds. The Hall–Kier alpha value is -2.07. The van der Waals surface area contributed by atoms with Crippen molar-refractivity contribution in [2.24, 2.45) is 0 Å². The second-order valence-corrected chi connectivity index (χ2v) is 3.79. The maximum atomic E-state index is 11.0. The van der Waals surface area contributed by atoms with Gasteiger partial charge >= 0.3 is 0 Å². The Morgan fingerprint density at radius 3 is 2.71 bits per heavy atom. The molecule has 86 valence electrons. The Bertz CT molecular complexity index is 562. The summed E-state index contributed by atoms with van der Waals surface area (Å²) < 4.78 is 0. The number of carbonyl (C=O) groups is 2. The highest BCUT2D eigenvalue weighted by molar-refractivity contribution is 5.87. The molecule has 1 heterocycles. The topological polar surface area (TPSA) is 67.3 Å². The first-order valence-electron chi connectivity index (χ1n) is 5.18. The molecule has 0 fully saturated rings. The van der Waals surface area contributed by atoms with Crippen LogP contribution in [0, 0.1) is 0 Å². The Labute approximate surface area is 97.9 Å². The first kappa shape index (κ1) is 11.4. The van der Waals surface area contributed by atoms with E-state index in [2.05, 4.69) is 4.98 Å². The third-order valence-corrected chi connectivity index (χ3v) is 2.70. The fraction of sp³-hybridized carbons (Fsp3) is 0.154. The zero-order valence-electron chi connectivity index (χ0n) is 9.04. The summed E-state index contributed by atoms with van der Waals surface area (Å²) in [5.74, 6) is 0. The summed E-state index contributed by atoms with van der Waals surface area (Å²) in [5.41, 5.74) is -0.689. The van der Waals surface area contributed by atoms with Gasteiger partial charge in [0, 0.05) is 23.6 Å². The molecule has 2 aromatic rings. The average molecular weight is 229 g/mol. The van der Waals surface area contributed by atoms with Crippen molar-refractivity contribution in [3.05, 3.63) is 42.1 Å². The van der Waals surface area contributed by atoms with Gasteiger partial charge in [-0.3, -0.25) is 9.78 Å². The summed E-state index contributed by atoms with van der Waals surface area (Å²) in [5, 5.41) is 10.8. The van der Waals surface area contributed by atoms with Gasteiger partial charge in [-0.1, -0.05) is 18.2 Å². The monoisotopic (exact) mass is 229 g/mol. The number of fused-ring (bicyclic) bond motifs is 1. The third-order valence-electron chi connectivity index (χ3n) is 2.70. The van der Waals surface area contributed by atoms with Crippen LogP contribution in [0.25, 0.3) is 10.9 Å². The number of benzene rings is 1. The van der Waals surface area contributed by atoms with Gasteiger partial charge in [-0.05, 0) is 12.1 Å². The standard InChI is InChI=1S/C13H11NO3/c15-8-6-13(17,9-16)11-5-7-14-12-4-2-1-3-10(11)12/h1-5,7-9,17H,6H2. The number of aromatic nitrogens is 1. The maximum absolute atomic E-state index is 11.0. The van der Waals surface area contributed by atoms with Crippen LogP contribution in [0.15, 0.2) is 36.5 Å². The lowest BCUT2D eigenvalue weighted by atomic mass is 9.90. The molecule has 0 aliphatic rings. The highest BCUT2D eigenvalue weighted by Crippen LogP contribution is 2.28. The normalized spacial score (nSPS) is 14.2. The van der Waals surface area contributed by atoms with E-state index in [1.54, 1.807) is 24.3 Å². The van der Waals surface area contributed by atoms with Gasteiger partial charge in [-0.25, -0.2) is 0 Å². The van der Waals surface area contributed by atoms with Gasteiger partial charge in [-0.2, -0.15) is 0 Å². The highest BCUT2D eigenvalue weighted by Gasteiger charge is 2.30. The van der Waals surface area contributed by atoms with Gasteiger partial charge in [-0.15, -0.1) is 0 Å². The number of carbonyl (C=O) groups excluding carboxylic acids is 2.